The normalized spacial score (nSPS) is 14.5. The maximum Gasteiger partial charge on any atom is 0.237 e. The molecule has 4 heteroatoms. The van der Waals surface area contributed by atoms with E-state index in [9.17, 15) is 9.18 Å². The van der Waals surface area contributed by atoms with Crippen molar-refractivity contribution in [3.8, 4) is 0 Å². The quantitative estimate of drug-likeness (QED) is 0.842. The summed E-state index contributed by atoms with van der Waals surface area (Å²) >= 11 is 0. The van der Waals surface area contributed by atoms with Crippen LogP contribution in [0.1, 0.15) is 32.4 Å². The number of carbonyl (C=O) groups is 1. The minimum Gasteiger partial charge on any atom is -0.348 e. The van der Waals surface area contributed by atoms with Gasteiger partial charge in [-0.1, -0.05) is 26.0 Å². The number of hydrogen-bond acceptors (Lipinski definition) is 2. The predicted molar refractivity (Wildman–Crippen MR) is 65.8 cm³/mol. The van der Waals surface area contributed by atoms with E-state index in [1.165, 1.54) is 12.1 Å². The Morgan fingerprint density at radius 2 is 1.76 bits per heavy atom. The van der Waals surface area contributed by atoms with Crippen LogP contribution in [0, 0.1) is 11.7 Å². The van der Waals surface area contributed by atoms with Crippen LogP contribution in [-0.2, 0) is 4.79 Å². The van der Waals surface area contributed by atoms with Crippen LogP contribution in [-0.4, -0.2) is 11.9 Å². The number of nitrogens with one attached hydrogen (secondary N) is 1. The molecule has 3 N–H and O–H groups in total. The maximum atomic E-state index is 12.7. The lowest BCUT2D eigenvalue weighted by Crippen LogP contribution is -2.44. The monoisotopic (exact) mass is 238 g/mol. The average Bonchev–Trinajstić information content (AvgIpc) is 2.28. The number of benzene rings is 1. The molecule has 0 heterocycles. The number of amides is 1. The molecular weight excluding hydrogens is 219 g/mol. The van der Waals surface area contributed by atoms with E-state index in [2.05, 4.69) is 5.32 Å². The molecule has 3 nitrogen and oxygen atoms in total. The Bertz CT molecular complexity index is 376. The predicted octanol–water partition coefficient (Wildman–Crippen LogP) is 1.99. The molecule has 0 radical (unpaired) electrons. The van der Waals surface area contributed by atoms with Gasteiger partial charge < -0.3 is 11.1 Å². The van der Waals surface area contributed by atoms with Crippen molar-refractivity contribution in [3.63, 3.8) is 0 Å². The average molecular weight is 238 g/mol. The molecule has 0 unspecified atom stereocenters. The molecule has 0 spiro atoms. The van der Waals surface area contributed by atoms with E-state index in [1.807, 2.05) is 20.8 Å². The van der Waals surface area contributed by atoms with Gasteiger partial charge in [0.05, 0.1) is 12.1 Å². The SMILES string of the molecule is CC(C)[C@@H](N)C(=O)N[C@H](C)c1ccc(F)cc1. The van der Waals surface area contributed by atoms with Gasteiger partial charge in [-0.25, -0.2) is 4.39 Å². The van der Waals surface area contributed by atoms with Gasteiger partial charge in [0, 0.05) is 0 Å². The fourth-order valence-electron chi connectivity index (χ4n) is 1.45. The smallest absolute Gasteiger partial charge is 0.237 e. The van der Waals surface area contributed by atoms with Gasteiger partial charge in [0.15, 0.2) is 0 Å². The lowest BCUT2D eigenvalue weighted by atomic mass is 10.0. The summed E-state index contributed by atoms with van der Waals surface area (Å²) in [5.41, 5.74) is 6.60. The molecule has 0 aliphatic heterocycles. The topological polar surface area (TPSA) is 55.1 Å². The molecule has 0 fully saturated rings. The van der Waals surface area contributed by atoms with E-state index in [1.54, 1.807) is 12.1 Å². The van der Waals surface area contributed by atoms with Gasteiger partial charge in [-0.3, -0.25) is 4.79 Å². The van der Waals surface area contributed by atoms with Gasteiger partial charge in [-0.05, 0) is 30.5 Å². The molecular formula is C13H19FN2O. The molecule has 0 saturated carbocycles. The number of halogens is 1. The highest BCUT2D eigenvalue weighted by Crippen LogP contribution is 2.13. The highest BCUT2D eigenvalue weighted by Gasteiger charge is 2.19. The third-order valence-electron chi connectivity index (χ3n) is 2.75. The highest BCUT2D eigenvalue weighted by atomic mass is 19.1. The summed E-state index contributed by atoms with van der Waals surface area (Å²) in [4.78, 5) is 11.7. The van der Waals surface area contributed by atoms with Crippen molar-refractivity contribution >= 4 is 5.91 Å². The minimum atomic E-state index is -0.516. The second-order valence-corrected chi connectivity index (χ2v) is 4.55. The number of carbonyl (C=O) groups excluding carboxylic acids is 1. The zero-order chi connectivity index (χ0) is 13.0. The third-order valence-corrected chi connectivity index (χ3v) is 2.75. The first-order valence-corrected chi connectivity index (χ1v) is 5.73. The first-order valence-electron chi connectivity index (χ1n) is 5.73. The van der Waals surface area contributed by atoms with Crippen LogP contribution in [0.2, 0.25) is 0 Å². The van der Waals surface area contributed by atoms with Crippen molar-refractivity contribution in [1.82, 2.24) is 5.32 Å². The zero-order valence-corrected chi connectivity index (χ0v) is 10.4. The molecule has 0 aliphatic rings. The second kappa shape index (κ2) is 5.77. The van der Waals surface area contributed by atoms with Crippen LogP contribution in [0.3, 0.4) is 0 Å². The van der Waals surface area contributed by atoms with Crippen molar-refractivity contribution in [3.05, 3.63) is 35.6 Å². The van der Waals surface area contributed by atoms with Gasteiger partial charge in [0.25, 0.3) is 0 Å². The minimum absolute atomic E-state index is 0.0930. The Morgan fingerprint density at radius 3 is 2.24 bits per heavy atom. The van der Waals surface area contributed by atoms with Crippen LogP contribution in [0.15, 0.2) is 24.3 Å². The lowest BCUT2D eigenvalue weighted by Gasteiger charge is -2.19. The third kappa shape index (κ3) is 3.82. The van der Waals surface area contributed by atoms with Crippen molar-refractivity contribution in [2.75, 3.05) is 0 Å². The number of rotatable bonds is 4. The maximum absolute atomic E-state index is 12.7. The van der Waals surface area contributed by atoms with Gasteiger partial charge in [-0.15, -0.1) is 0 Å². The van der Waals surface area contributed by atoms with Crippen molar-refractivity contribution in [2.45, 2.75) is 32.9 Å². The number of nitrogens with two attached hydrogens (primary N) is 1. The summed E-state index contributed by atoms with van der Waals surface area (Å²) in [5.74, 6) is -0.376. The summed E-state index contributed by atoms with van der Waals surface area (Å²) in [5, 5.41) is 2.81. The van der Waals surface area contributed by atoms with E-state index >= 15 is 0 Å². The fourth-order valence-corrected chi connectivity index (χ4v) is 1.45. The summed E-state index contributed by atoms with van der Waals surface area (Å²) in [6, 6.07) is 5.37. The van der Waals surface area contributed by atoms with Gasteiger partial charge >= 0.3 is 0 Å². The van der Waals surface area contributed by atoms with Crippen molar-refractivity contribution in [1.29, 1.82) is 0 Å². The van der Waals surface area contributed by atoms with E-state index in [0.717, 1.165) is 5.56 Å². The molecule has 1 aromatic rings. The standard InChI is InChI=1S/C13H19FN2O/c1-8(2)12(15)13(17)16-9(3)10-4-6-11(14)7-5-10/h4-9,12H,15H2,1-3H3,(H,16,17)/t9-,12-/m1/s1. The Balaban J connectivity index is 2.63. The Hall–Kier alpha value is -1.42. The molecule has 0 bridgehead atoms. The Kier molecular flexibility index (Phi) is 4.63. The van der Waals surface area contributed by atoms with Crippen LogP contribution >= 0.6 is 0 Å². The largest absolute Gasteiger partial charge is 0.348 e. The Morgan fingerprint density at radius 1 is 1.24 bits per heavy atom. The van der Waals surface area contributed by atoms with Crippen LogP contribution in [0.25, 0.3) is 0 Å². The van der Waals surface area contributed by atoms with Gasteiger partial charge in [0.1, 0.15) is 5.82 Å². The first-order chi connectivity index (χ1) is 7.91. The summed E-state index contributed by atoms with van der Waals surface area (Å²) < 4.78 is 12.7. The molecule has 0 saturated heterocycles. The first kappa shape index (κ1) is 13.6. The second-order valence-electron chi connectivity index (χ2n) is 4.55. The zero-order valence-electron chi connectivity index (χ0n) is 10.4. The van der Waals surface area contributed by atoms with E-state index in [0.29, 0.717) is 0 Å². The fraction of sp³-hybridized carbons (Fsp3) is 0.462. The molecule has 2 atom stereocenters. The Labute approximate surface area is 101 Å². The number of hydrogen-bond donors (Lipinski definition) is 2. The van der Waals surface area contributed by atoms with E-state index in [4.69, 9.17) is 5.73 Å². The summed E-state index contributed by atoms with van der Waals surface area (Å²) in [6.45, 7) is 5.64. The highest BCUT2D eigenvalue weighted by molar-refractivity contribution is 5.82. The summed E-state index contributed by atoms with van der Waals surface area (Å²) in [7, 11) is 0. The van der Waals surface area contributed by atoms with Crippen molar-refractivity contribution in [2.24, 2.45) is 11.7 Å². The molecule has 17 heavy (non-hydrogen) atoms. The van der Waals surface area contributed by atoms with Gasteiger partial charge in [0.2, 0.25) is 5.91 Å². The lowest BCUT2D eigenvalue weighted by molar-refractivity contribution is -0.123. The molecule has 1 amide bonds. The van der Waals surface area contributed by atoms with Crippen molar-refractivity contribution < 1.29 is 9.18 Å². The van der Waals surface area contributed by atoms with E-state index in [-0.39, 0.29) is 23.7 Å². The molecule has 1 rings (SSSR count). The van der Waals surface area contributed by atoms with Crippen LogP contribution in [0.5, 0.6) is 0 Å². The molecule has 0 aliphatic carbocycles. The van der Waals surface area contributed by atoms with Gasteiger partial charge in [-0.2, -0.15) is 0 Å². The molecule has 94 valence electrons. The van der Waals surface area contributed by atoms with E-state index < -0.39 is 6.04 Å². The molecule has 1 aromatic carbocycles. The van der Waals surface area contributed by atoms with Crippen LogP contribution in [0.4, 0.5) is 4.39 Å². The van der Waals surface area contributed by atoms with Crippen LogP contribution < -0.4 is 11.1 Å². The summed E-state index contributed by atoms with van der Waals surface area (Å²) in [6.07, 6.45) is 0. The molecule has 0 aromatic heterocycles.